The Balaban J connectivity index is 2.12. The topological polar surface area (TPSA) is 58.6 Å². The molecule has 1 N–H and O–H groups in total. The van der Waals surface area contributed by atoms with Crippen molar-refractivity contribution in [2.75, 3.05) is 13.2 Å². The molecule has 0 aromatic heterocycles. The first-order chi connectivity index (χ1) is 14.1. The summed E-state index contributed by atoms with van der Waals surface area (Å²) in [7, 11) is 0. The lowest BCUT2D eigenvalue weighted by atomic mass is 10.1. The molecule has 2 amide bonds. The summed E-state index contributed by atoms with van der Waals surface area (Å²) in [5.41, 5.74) is 2.80. The average Bonchev–Trinajstić information content (AvgIpc) is 2.68. The number of rotatable bonds is 8. The van der Waals surface area contributed by atoms with Gasteiger partial charge in [-0.3, -0.25) is 9.59 Å². The van der Waals surface area contributed by atoms with Crippen molar-refractivity contribution in [2.24, 2.45) is 0 Å². The van der Waals surface area contributed by atoms with Crippen LogP contribution < -0.4 is 10.1 Å². The summed E-state index contributed by atoms with van der Waals surface area (Å²) < 4.78 is 5.82. The van der Waals surface area contributed by atoms with Gasteiger partial charge in [-0.25, -0.2) is 0 Å². The third-order valence-corrected chi connectivity index (χ3v) is 4.84. The summed E-state index contributed by atoms with van der Waals surface area (Å²) in [5.74, 6) is 0.317. The predicted molar refractivity (Wildman–Crippen MR) is 121 cm³/mol. The molecule has 0 aliphatic heterocycles. The lowest BCUT2D eigenvalue weighted by Crippen LogP contribution is -2.53. The van der Waals surface area contributed by atoms with E-state index in [9.17, 15) is 9.59 Å². The minimum Gasteiger partial charge on any atom is -0.483 e. The van der Waals surface area contributed by atoms with Gasteiger partial charge in [-0.15, -0.1) is 0 Å². The minimum absolute atomic E-state index is 0.105. The van der Waals surface area contributed by atoms with Gasteiger partial charge in [0, 0.05) is 12.1 Å². The van der Waals surface area contributed by atoms with Crippen molar-refractivity contribution in [2.45, 2.75) is 59.5 Å². The second-order valence-corrected chi connectivity index (χ2v) is 8.80. The summed E-state index contributed by atoms with van der Waals surface area (Å²) in [6, 6.07) is 15.3. The van der Waals surface area contributed by atoms with Crippen LogP contribution in [0.15, 0.2) is 48.5 Å². The number of amides is 2. The summed E-state index contributed by atoms with van der Waals surface area (Å²) in [6.07, 6.45) is 0.670. The Morgan fingerprint density at radius 3 is 2.37 bits per heavy atom. The van der Waals surface area contributed by atoms with Crippen LogP contribution in [0.1, 0.15) is 44.4 Å². The van der Waals surface area contributed by atoms with Crippen LogP contribution in [-0.2, 0) is 16.0 Å². The van der Waals surface area contributed by atoms with E-state index in [2.05, 4.69) is 5.32 Å². The molecular weight excluding hydrogens is 376 g/mol. The lowest BCUT2D eigenvalue weighted by Gasteiger charge is -2.31. The van der Waals surface area contributed by atoms with E-state index < -0.39 is 6.04 Å². The number of hydrogen-bond acceptors (Lipinski definition) is 3. The maximum absolute atomic E-state index is 13.1. The molecule has 0 bridgehead atoms. The van der Waals surface area contributed by atoms with Gasteiger partial charge in [0.15, 0.2) is 6.61 Å². The van der Waals surface area contributed by atoms with Crippen molar-refractivity contribution in [3.63, 3.8) is 0 Å². The largest absolute Gasteiger partial charge is 0.483 e. The standard InChI is InChI=1S/C25H34N2O3/c1-18-12-13-19(2)22(16-18)30-17-23(28)27(15-14-21-10-8-7-9-11-21)20(3)24(29)26-25(4,5)6/h7-13,16,20H,14-15,17H2,1-6H3,(H,26,29)/t20-/m0/s1. The number of carbonyl (C=O) groups excluding carboxylic acids is 2. The Morgan fingerprint density at radius 2 is 1.73 bits per heavy atom. The van der Waals surface area contributed by atoms with Gasteiger partial charge in [-0.2, -0.15) is 0 Å². The van der Waals surface area contributed by atoms with Gasteiger partial charge in [-0.05, 0) is 70.7 Å². The molecule has 2 aromatic rings. The normalized spacial score (nSPS) is 12.2. The highest BCUT2D eigenvalue weighted by molar-refractivity contribution is 5.88. The van der Waals surface area contributed by atoms with Crippen LogP contribution in [0.2, 0.25) is 0 Å². The van der Waals surface area contributed by atoms with Gasteiger partial charge < -0.3 is 15.0 Å². The number of ether oxygens (including phenoxy) is 1. The highest BCUT2D eigenvalue weighted by Gasteiger charge is 2.28. The van der Waals surface area contributed by atoms with E-state index in [0.29, 0.717) is 18.7 Å². The molecule has 0 unspecified atom stereocenters. The fraction of sp³-hybridized carbons (Fsp3) is 0.440. The van der Waals surface area contributed by atoms with Crippen molar-refractivity contribution in [1.82, 2.24) is 10.2 Å². The molecule has 1 atom stereocenters. The van der Waals surface area contributed by atoms with Crippen LogP contribution in [0.25, 0.3) is 0 Å². The first-order valence-electron chi connectivity index (χ1n) is 10.4. The Morgan fingerprint density at radius 1 is 1.07 bits per heavy atom. The van der Waals surface area contributed by atoms with Crippen LogP contribution >= 0.6 is 0 Å². The van der Waals surface area contributed by atoms with Crippen LogP contribution in [0.4, 0.5) is 0 Å². The average molecular weight is 411 g/mol. The molecule has 0 spiro atoms. The van der Waals surface area contributed by atoms with Crippen LogP contribution in [0.3, 0.4) is 0 Å². The van der Waals surface area contributed by atoms with Gasteiger partial charge in [0.1, 0.15) is 11.8 Å². The molecule has 2 aromatic carbocycles. The van der Waals surface area contributed by atoms with E-state index in [1.54, 1.807) is 11.8 Å². The molecule has 0 saturated heterocycles. The van der Waals surface area contributed by atoms with Gasteiger partial charge in [-0.1, -0.05) is 42.5 Å². The fourth-order valence-electron chi connectivity index (χ4n) is 3.13. The fourth-order valence-corrected chi connectivity index (χ4v) is 3.13. The van der Waals surface area contributed by atoms with Crippen LogP contribution in [0, 0.1) is 13.8 Å². The Hall–Kier alpha value is -2.82. The smallest absolute Gasteiger partial charge is 0.261 e. The predicted octanol–water partition coefficient (Wildman–Crippen LogP) is 4.06. The first-order valence-corrected chi connectivity index (χ1v) is 10.4. The summed E-state index contributed by atoms with van der Waals surface area (Å²) in [6.45, 7) is 11.8. The molecule has 162 valence electrons. The molecule has 0 aliphatic carbocycles. The quantitative estimate of drug-likeness (QED) is 0.714. The van der Waals surface area contributed by atoms with E-state index in [-0.39, 0.29) is 24.0 Å². The number of benzene rings is 2. The maximum atomic E-state index is 13.1. The molecular formula is C25H34N2O3. The highest BCUT2D eigenvalue weighted by Crippen LogP contribution is 2.19. The Bertz CT molecular complexity index is 856. The van der Waals surface area contributed by atoms with Crippen molar-refractivity contribution in [3.05, 3.63) is 65.2 Å². The third-order valence-electron chi connectivity index (χ3n) is 4.84. The molecule has 5 nitrogen and oxygen atoms in total. The lowest BCUT2D eigenvalue weighted by molar-refractivity contribution is -0.142. The molecule has 0 fully saturated rings. The van der Waals surface area contributed by atoms with Gasteiger partial charge >= 0.3 is 0 Å². The van der Waals surface area contributed by atoms with Crippen molar-refractivity contribution >= 4 is 11.8 Å². The van der Waals surface area contributed by atoms with E-state index in [1.807, 2.05) is 83.1 Å². The van der Waals surface area contributed by atoms with Crippen LogP contribution in [0.5, 0.6) is 5.75 Å². The zero-order valence-corrected chi connectivity index (χ0v) is 19.0. The number of nitrogens with one attached hydrogen (secondary N) is 1. The van der Waals surface area contributed by atoms with Gasteiger partial charge in [0.25, 0.3) is 5.91 Å². The van der Waals surface area contributed by atoms with Crippen molar-refractivity contribution in [3.8, 4) is 5.75 Å². The molecule has 0 saturated carbocycles. The SMILES string of the molecule is Cc1ccc(C)c(OCC(=O)N(CCc2ccccc2)[C@@H](C)C(=O)NC(C)(C)C)c1. The Labute approximate surface area is 180 Å². The first kappa shape index (κ1) is 23.5. The highest BCUT2D eigenvalue weighted by atomic mass is 16.5. The molecule has 30 heavy (non-hydrogen) atoms. The monoisotopic (exact) mass is 410 g/mol. The third kappa shape index (κ3) is 7.21. The molecule has 5 heteroatoms. The molecule has 0 aliphatic rings. The maximum Gasteiger partial charge on any atom is 0.261 e. The van der Waals surface area contributed by atoms with E-state index in [4.69, 9.17) is 4.74 Å². The summed E-state index contributed by atoms with van der Waals surface area (Å²) in [4.78, 5) is 27.4. The van der Waals surface area contributed by atoms with Crippen molar-refractivity contribution in [1.29, 1.82) is 0 Å². The van der Waals surface area contributed by atoms with Gasteiger partial charge in [0.05, 0.1) is 0 Å². The zero-order valence-electron chi connectivity index (χ0n) is 19.0. The minimum atomic E-state index is -0.595. The summed E-state index contributed by atoms with van der Waals surface area (Å²) >= 11 is 0. The molecule has 0 radical (unpaired) electrons. The number of aryl methyl sites for hydroxylation is 2. The van der Waals surface area contributed by atoms with E-state index in [1.165, 1.54) is 0 Å². The number of nitrogens with zero attached hydrogens (tertiary/aromatic N) is 1. The second kappa shape index (κ2) is 10.3. The molecule has 2 rings (SSSR count). The second-order valence-electron chi connectivity index (χ2n) is 8.80. The Kier molecular flexibility index (Phi) is 8.04. The summed E-state index contributed by atoms with van der Waals surface area (Å²) in [5, 5.41) is 2.97. The van der Waals surface area contributed by atoms with Gasteiger partial charge in [0.2, 0.25) is 5.91 Å². The zero-order chi connectivity index (χ0) is 22.3. The van der Waals surface area contributed by atoms with Crippen molar-refractivity contribution < 1.29 is 14.3 Å². The van der Waals surface area contributed by atoms with Crippen LogP contribution in [-0.4, -0.2) is 41.4 Å². The number of hydrogen-bond donors (Lipinski definition) is 1. The molecule has 0 heterocycles. The van der Waals surface area contributed by atoms with E-state index in [0.717, 1.165) is 16.7 Å². The number of carbonyl (C=O) groups is 2. The van der Waals surface area contributed by atoms with E-state index >= 15 is 0 Å².